The molecular formula is C18H24N2O3. The van der Waals surface area contributed by atoms with Crippen LogP contribution in [0.25, 0.3) is 0 Å². The first-order chi connectivity index (χ1) is 11.2. The van der Waals surface area contributed by atoms with Crippen molar-refractivity contribution in [3.63, 3.8) is 0 Å². The lowest BCUT2D eigenvalue weighted by Gasteiger charge is -2.17. The maximum absolute atomic E-state index is 12.2. The lowest BCUT2D eigenvalue weighted by molar-refractivity contribution is -0.121. The highest BCUT2D eigenvalue weighted by Crippen LogP contribution is 2.34. The van der Waals surface area contributed by atoms with Crippen LogP contribution in [0.3, 0.4) is 0 Å². The SMILES string of the molecule is C[C@@H](Nc1ccc2c(c1)OCO2)C(=O)NCCC1=CCCCC1. The van der Waals surface area contributed by atoms with E-state index in [0.717, 1.165) is 17.9 Å². The second kappa shape index (κ2) is 7.40. The van der Waals surface area contributed by atoms with E-state index in [-0.39, 0.29) is 18.7 Å². The van der Waals surface area contributed by atoms with Crippen LogP contribution in [-0.2, 0) is 4.79 Å². The quantitative estimate of drug-likeness (QED) is 0.791. The minimum atomic E-state index is -0.296. The maximum atomic E-state index is 12.2. The van der Waals surface area contributed by atoms with Gasteiger partial charge in [-0.05, 0) is 51.2 Å². The van der Waals surface area contributed by atoms with Gasteiger partial charge in [-0.2, -0.15) is 0 Å². The zero-order valence-electron chi connectivity index (χ0n) is 13.6. The van der Waals surface area contributed by atoms with Gasteiger partial charge in [0.2, 0.25) is 12.7 Å². The third-order valence-electron chi connectivity index (χ3n) is 4.28. The Kier molecular flexibility index (Phi) is 5.05. The van der Waals surface area contributed by atoms with Crippen LogP contribution in [0.4, 0.5) is 5.69 Å². The average molecular weight is 316 g/mol. The molecule has 23 heavy (non-hydrogen) atoms. The van der Waals surface area contributed by atoms with Crippen molar-refractivity contribution in [2.24, 2.45) is 0 Å². The molecule has 2 N–H and O–H groups in total. The summed E-state index contributed by atoms with van der Waals surface area (Å²) < 4.78 is 10.6. The van der Waals surface area contributed by atoms with E-state index in [1.165, 1.54) is 31.3 Å². The van der Waals surface area contributed by atoms with Crippen molar-refractivity contribution in [2.45, 2.75) is 45.1 Å². The molecule has 1 aliphatic heterocycles. The van der Waals surface area contributed by atoms with Gasteiger partial charge in [0.05, 0.1) is 0 Å². The summed E-state index contributed by atoms with van der Waals surface area (Å²) >= 11 is 0. The Labute approximate surface area is 137 Å². The Bertz CT molecular complexity index is 598. The molecule has 0 spiro atoms. The fourth-order valence-corrected chi connectivity index (χ4v) is 2.93. The Hall–Kier alpha value is -2.17. The van der Waals surface area contributed by atoms with Crippen molar-refractivity contribution < 1.29 is 14.3 Å². The molecule has 0 bridgehead atoms. The molecule has 0 fully saturated rings. The summed E-state index contributed by atoms with van der Waals surface area (Å²) in [5, 5.41) is 6.20. The summed E-state index contributed by atoms with van der Waals surface area (Å²) in [6, 6.07) is 5.31. The predicted octanol–water partition coefficient (Wildman–Crippen LogP) is 3.22. The summed E-state index contributed by atoms with van der Waals surface area (Å²) in [5.74, 6) is 1.47. The van der Waals surface area contributed by atoms with Crippen LogP contribution < -0.4 is 20.1 Å². The zero-order chi connectivity index (χ0) is 16.1. The van der Waals surface area contributed by atoms with Crippen LogP contribution >= 0.6 is 0 Å². The molecule has 0 aromatic heterocycles. The van der Waals surface area contributed by atoms with Crippen molar-refractivity contribution >= 4 is 11.6 Å². The van der Waals surface area contributed by atoms with Crippen LogP contribution in [0.15, 0.2) is 29.8 Å². The van der Waals surface area contributed by atoms with Crippen molar-refractivity contribution in [3.05, 3.63) is 29.8 Å². The van der Waals surface area contributed by atoms with E-state index in [1.807, 2.05) is 25.1 Å². The molecule has 5 nitrogen and oxygen atoms in total. The highest BCUT2D eigenvalue weighted by atomic mass is 16.7. The topological polar surface area (TPSA) is 59.6 Å². The molecule has 1 atom stereocenters. The number of carbonyl (C=O) groups is 1. The summed E-state index contributed by atoms with van der Waals surface area (Å²) in [6.45, 7) is 2.82. The van der Waals surface area contributed by atoms with Gasteiger partial charge in [0.1, 0.15) is 6.04 Å². The number of carbonyl (C=O) groups excluding carboxylic acids is 1. The highest BCUT2D eigenvalue weighted by molar-refractivity contribution is 5.84. The van der Waals surface area contributed by atoms with Gasteiger partial charge in [0.25, 0.3) is 0 Å². The summed E-state index contributed by atoms with van der Waals surface area (Å²) in [6.07, 6.45) is 8.23. The Morgan fingerprint density at radius 2 is 2.13 bits per heavy atom. The Balaban J connectivity index is 1.45. The summed E-state index contributed by atoms with van der Waals surface area (Å²) in [7, 11) is 0. The van der Waals surface area contributed by atoms with Gasteiger partial charge >= 0.3 is 0 Å². The van der Waals surface area contributed by atoms with Crippen molar-refractivity contribution in [1.82, 2.24) is 5.32 Å². The molecule has 1 aliphatic carbocycles. The minimum Gasteiger partial charge on any atom is -0.454 e. The van der Waals surface area contributed by atoms with Gasteiger partial charge in [0.15, 0.2) is 11.5 Å². The molecule has 0 saturated carbocycles. The third kappa shape index (κ3) is 4.18. The van der Waals surface area contributed by atoms with E-state index < -0.39 is 0 Å². The van der Waals surface area contributed by atoms with E-state index in [9.17, 15) is 4.79 Å². The zero-order valence-corrected chi connectivity index (χ0v) is 13.6. The molecule has 0 radical (unpaired) electrons. The largest absolute Gasteiger partial charge is 0.454 e. The number of anilines is 1. The molecule has 1 heterocycles. The Morgan fingerprint density at radius 3 is 2.96 bits per heavy atom. The van der Waals surface area contributed by atoms with E-state index >= 15 is 0 Å². The fourth-order valence-electron chi connectivity index (χ4n) is 2.93. The number of nitrogens with one attached hydrogen (secondary N) is 2. The number of benzene rings is 1. The molecule has 1 aromatic carbocycles. The van der Waals surface area contributed by atoms with E-state index in [1.54, 1.807) is 0 Å². The number of ether oxygens (including phenoxy) is 2. The van der Waals surface area contributed by atoms with E-state index in [2.05, 4.69) is 16.7 Å². The molecule has 0 saturated heterocycles. The number of amides is 1. The molecule has 1 aromatic rings. The van der Waals surface area contributed by atoms with Crippen molar-refractivity contribution in [2.75, 3.05) is 18.7 Å². The van der Waals surface area contributed by atoms with Crippen LogP contribution in [0.1, 0.15) is 39.0 Å². The van der Waals surface area contributed by atoms with Gasteiger partial charge in [-0.1, -0.05) is 11.6 Å². The van der Waals surface area contributed by atoms with Crippen molar-refractivity contribution in [3.8, 4) is 11.5 Å². The van der Waals surface area contributed by atoms with E-state index in [4.69, 9.17) is 9.47 Å². The predicted molar refractivity (Wildman–Crippen MR) is 89.8 cm³/mol. The van der Waals surface area contributed by atoms with Gasteiger partial charge < -0.3 is 20.1 Å². The smallest absolute Gasteiger partial charge is 0.242 e. The summed E-state index contributed by atoms with van der Waals surface area (Å²) in [4.78, 5) is 12.2. The molecule has 5 heteroatoms. The van der Waals surface area contributed by atoms with Gasteiger partial charge in [-0.25, -0.2) is 0 Å². The average Bonchev–Trinajstić information content (AvgIpc) is 3.03. The molecule has 1 amide bonds. The molecule has 0 unspecified atom stereocenters. The normalized spacial score (nSPS) is 17.3. The number of fused-ring (bicyclic) bond motifs is 1. The van der Waals surface area contributed by atoms with Crippen molar-refractivity contribution in [1.29, 1.82) is 0 Å². The van der Waals surface area contributed by atoms with Crippen LogP contribution in [-0.4, -0.2) is 25.3 Å². The fraction of sp³-hybridized carbons (Fsp3) is 0.500. The second-order valence-corrected chi connectivity index (χ2v) is 6.08. The molecular weight excluding hydrogens is 292 g/mol. The van der Waals surface area contributed by atoms with Crippen LogP contribution in [0.5, 0.6) is 11.5 Å². The second-order valence-electron chi connectivity index (χ2n) is 6.08. The minimum absolute atomic E-state index is 0.0130. The third-order valence-corrected chi connectivity index (χ3v) is 4.28. The maximum Gasteiger partial charge on any atom is 0.242 e. The first-order valence-corrected chi connectivity index (χ1v) is 8.34. The lowest BCUT2D eigenvalue weighted by Crippen LogP contribution is -2.38. The van der Waals surface area contributed by atoms with E-state index in [0.29, 0.717) is 12.3 Å². The standard InChI is InChI=1S/C18H24N2O3/c1-13(18(21)19-10-9-14-5-3-2-4-6-14)20-15-7-8-16-17(11-15)23-12-22-16/h5,7-8,11,13,20H,2-4,6,9-10,12H2,1H3,(H,19,21)/t13-/m1/s1. The molecule has 3 rings (SSSR count). The lowest BCUT2D eigenvalue weighted by atomic mass is 9.97. The number of allylic oxidation sites excluding steroid dienone is 1. The first kappa shape index (κ1) is 15.7. The number of hydrogen-bond donors (Lipinski definition) is 2. The highest BCUT2D eigenvalue weighted by Gasteiger charge is 2.16. The monoisotopic (exact) mass is 316 g/mol. The van der Waals surface area contributed by atoms with Gasteiger partial charge in [-0.15, -0.1) is 0 Å². The summed E-state index contributed by atoms with van der Waals surface area (Å²) in [5.41, 5.74) is 2.33. The first-order valence-electron chi connectivity index (χ1n) is 8.34. The molecule has 2 aliphatic rings. The van der Waals surface area contributed by atoms with Gasteiger partial charge in [-0.3, -0.25) is 4.79 Å². The Morgan fingerprint density at radius 1 is 1.26 bits per heavy atom. The van der Waals surface area contributed by atoms with Gasteiger partial charge in [0, 0.05) is 18.3 Å². The number of rotatable bonds is 6. The van der Waals surface area contributed by atoms with Crippen LogP contribution in [0, 0.1) is 0 Å². The number of hydrogen-bond acceptors (Lipinski definition) is 4. The molecule has 124 valence electrons. The van der Waals surface area contributed by atoms with Crippen LogP contribution in [0.2, 0.25) is 0 Å².